The van der Waals surface area contributed by atoms with Crippen molar-refractivity contribution in [1.82, 2.24) is 14.9 Å². The fraction of sp³-hybridized carbons (Fsp3) is 0.208. The Hall–Kier alpha value is -3.29. The van der Waals surface area contributed by atoms with Crippen molar-refractivity contribution in [3.8, 4) is 0 Å². The molecule has 5 rings (SSSR count). The lowest BCUT2D eigenvalue weighted by molar-refractivity contribution is -0.112. The third-order valence-corrected chi connectivity index (χ3v) is 6.60. The van der Waals surface area contributed by atoms with Gasteiger partial charge in [-0.05, 0) is 18.6 Å². The topological polar surface area (TPSA) is 78.1 Å². The first-order valence-electron chi connectivity index (χ1n) is 10.3. The van der Waals surface area contributed by atoms with E-state index in [0.29, 0.717) is 16.4 Å². The minimum atomic E-state index is -0.653. The number of aromatic amines is 1. The molecule has 0 fully saturated rings. The van der Waals surface area contributed by atoms with Crippen LogP contribution in [-0.2, 0) is 24.3 Å². The molecule has 1 aliphatic heterocycles. The summed E-state index contributed by atoms with van der Waals surface area (Å²) in [6, 6.07) is 17.9. The molecule has 0 saturated heterocycles. The Kier molecular flexibility index (Phi) is 5.13. The molecule has 31 heavy (non-hydrogen) atoms. The molecule has 2 aromatic heterocycles. The van der Waals surface area contributed by atoms with Gasteiger partial charge in [-0.25, -0.2) is 4.98 Å². The van der Waals surface area contributed by atoms with Gasteiger partial charge in [0.05, 0.1) is 11.3 Å². The fourth-order valence-electron chi connectivity index (χ4n) is 4.12. The second-order valence-corrected chi connectivity index (χ2v) is 8.87. The number of aromatic nitrogens is 2. The van der Waals surface area contributed by atoms with Crippen LogP contribution in [0.2, 0.25) is 0 Å². The van der Waals surface area contributed by atoms with Gasteiger partial charge in [0.2, 0.25) is 0 Å². The molecule has 156 valence electrons. The van der Waals surface area contributed by atoms with Crippen molar-refractivity contribution >= 4 is 39.1 Å². The number of ketones is 1. The molecule has 2 N–H and O–H groups in total. The van der Waals surface area contributed by atoms with Gasteiger partial charge < -0.3 is 4.98 Å². The highest BCUT2D eigenvalue weighted by atomic mass is 32.1. The first-order valence-corrected chi connectivity index (χ1v) is 11.1. The lowest BCUT2D eigenvalue weighted by Gasteiger charge is -2.25. The quantitative estimate of drug-likeness (QED) is 0.365. The first-order chi connectivity index (χ1) is 15.1. The molecular formula is C24H22N4O2S. The van der Waals surface area contributed by atoms with Crippen molar-refractivity contribution in [3.05, 3.63) is 82.0 Å². The number of rotatable bonds is 5. The monoisotopic (exact) mass is 430 g/mol. The van der Waals surface area contributed by atoms with E-state index in [1.54, 1.807) is 0 Å². The summed E-state index contributed by atoms with van der Waals surface area (Å²) < 4.78 is 0. The molecule has 0 aliphatic carbocycles. The largest absolute Gasteiger partial charge is 0.358 e. The number of aryl methyl sites for hydroxylation is 1. The molecule has 0 spiro atoms. The summed E-state index contributed by atoms with van der Waals surface area (Å²) >= 11 is 1.46. The van der Waals surface area contributed by atoms with Gasteiger partial charge in [-0.3, -0.25) is 19.8 Å². The lowest BCUT2D eigenvalue weighted by atomic mass is 10.1. The van der Waals surface area contributed by atoms with Crippen LogP contribution in [-0.4, -0.2) is 33.1 Å². The van der Waals surface area contributed by atoms with Crippen LogP contribution in [0.1, 0.15) is 32.2 Å². The number of amides is 1. The molecule has 0 unspecified atom stereocenters. The van der Waals surface area contributed by atoms with E-state index < -0.39 is 11.7 Å². The van der Waals surface area contributed by atoms with Gasteiger partial charge in [-0.2, -0.15) is 0 Å². The standard InChI is InChI=1S/C24H22N4O2S/c1-15-21(17-9-5-6-10-18(17)25-15)22(29)23(30)27-24-26-19-11-12-28(14-20(19)31-24)13-16-7-3-2-4-8-16/h2-10,25H,11-14H2,1H3,(H,26,27,30). The number of H-pyrrole nitrogens is 1. The number of hydrogen-bond donors (Lipinski definition) is 2. The van der Waals surface area contributed by atoms with E-state index in [9.17, 15) is 9.59 Å². The molecule has 0 radical (unpaired) electrons. The van der Waals surface area contributed by atoms with Crippen molar-refractivity contribution in [2.75, 3.05) is 11.9 Å². The average Bonchev–Trinajstić information content (AvgIpc) is 3.32. The van der Waals surface area contributed by atoms with Crippen LogP contribution in [0.15, 0.2) is 54.6 Å². The van der Waals surface area contributed by atoms with Crippen molar-refractivity contribution < 1.29 is 9.59 Å². The van der Waals surface area contributed by atoms with Gasteiger partial charge in [0, 0.05) is 47.5 Å². The predicted molar refractivity (Wildman–Crippen MR) is 122 cm³/mol. The van der Waals surface area contributed by atoms with Crippen LogP contribution in [0.4, 0.5) is 5.13 Å². The number of Topliss-reactive ketones (excluding diaryl/α,β-unsaturated/α-hetero) is 1. The maximum Gasteiger partial charge on any atom is 0.298 e. The van der Waals surface area contributed by atoms with Crippen molar-refractivity contribution in [2.24, 2.45) is 0 Å². The van der Waals surface area contributed by atoms with E-state index in [0.717, 1.165) is 47.5 Å². The summed E-state index contributed by atoms with van der Waals surface area (Å²) in [6.07, 6.45) is 0.837. The Balaban J connectivity index is 1.30. The average molecular weight is 431 g/mol. The number of thiazole rings is 1. The molecular weight excluding hydrogens is 408 g/mol. The molecule has 0 bridgehead atoms. The summed E-state index contributed by atoms with van der Waals surface area (Å²) in [7, 11) is 0. The third-order valence-electron chi connectivity index (χ3n) is 5.61. The van der Waals surface area contributed by atoms with Gasteiger partial charge in [0.15, 0.2) is 5.13 Å². The summed E-state index contributed by atoms with van der Waals surface area (Å²) in [5.41, 5.74) is 4.25. The number of nitrogens with one attached hydrogen (secondary N) is 2. The van der Waals surface area contributed by atoms with Crippen LogP contribution in [0.3, 0.4) is 0 Å². The molecule has 4 aromatic rings. The van der Waals surface area contributed by atoms with Crippen molar-refractivity contribution in [3.63, 3.8) is 0 Å². The van der Waals surface area contributed by atoms with Gasteiger partial charge in [-0.1, -0.05) is 48.5 Å². The number of para-hydroxylation sites is 1. The van der Waals surface area contributed by atoms with E-state index >= 15 is 0 Å². The first kappa shape index (κ1) is 19.7. The third kappa shape index (κ3) is 3.89. The van der Waals surface area contributed by atoms with Crippen molar-refractivity contribution in [1.29, 1.82) is 0 Å². The zero-order chi connectivity index (χ0) is 21.4. The Morgan fingerprint density at radius 2 is 1.90 bits per heavy atom. The second kappa shape index (κ2) is 8.09. The smallest absolute Gasteiger partial charge is 0.298 e. The Morgan fingerprint density at radius 1 is 1.13 bits per heavy atom. The van der Waals surface area contributed by atoms with E-state index in [2.05, 4.69) is 44.5 Å². The number of carbonyl (C=O) groups excluding carboxylic acids is 2. The molecule has 0 atom stereocenters. The van der Waals surface area contributed by atoms with Gasteiger partial charge in [0.1, 0.15) is 0 Å². The second-order valence-electron chi connectivity index (χ2n) is 7.79. The Bertz CT molecular complexity index is 1280. The highest BCUT2D eigenvalue weighted by molar-refractivity contribution is 7.16. The van der Waals surface area contributed by atoms with Gasteiger partial charge in [0.25, 0.3) is 11.7 Å². The number of carbonyl (C=O) groups is 2. The number of fused-ring (bicyclic) bond motifs is 2. The molecule has 2 aromatic carbocycles. The minimum absolute atomic E-state index is 0.420. The van der Waals surface area contributed by atoms with Crippen LogP contribution in [0.5, 0.6) is 0 Å². The molecule has 1 amide bonds. The molecule has 1 aliphatic rings. The highest BCUT2D eigenvalue weighted by Gasteiger charge is 2.25. The minimum Gasteiger partial charge on any atom is -0.358 e. The lowest BCUT2D eigenvalue weighted by Crippen LogP contribution is -2.29. The number of nitrogens with zero attached hydrogens (tertiary/aromatic N) is 2. The Morgan fingerprint density at radius 3 is 2.74 bits per heavy atom. The number of anilines is 1. The Labute approximate surface area is 183 Å². The van der Waals surface area contributed by atoms with Crippen LogP contribution in [0.25, 0.3) is 10.9 Å². The maximum atomic E-state index is 12.9. The van der Waals surface area contributed by atoms with E-state index in [1.165, 1.54) is 16.9 Å². The molecule has 7 heteroatoms. The summed E-state index contributed by atoms with van der Waals surface area (Å²) in [4.78, 5) is 36.9. The van der Waals surface area contributed by atoms with Gasteiger partial charge in [-0.15, -0.1) is 11.3 Å². The zero-order valence-electron chi connectivity index (χ0n) is 17.1. The summed E-state index contributed by atoms with van der Waals surface area (Å²) in [5.74, 6) is -1.20. The SMILES string of the molecule is Cc1[nH]c2ccccc2c1C(=O)C(=O)Nc1nc2c(s1)CN(Cc1ccccc1)CC2. The van der Waals surface area contributed by atoms with E-state index in [1.807, 2.05) is 37.3 Å². The van der Waals surface area contributed by atoms with Crippen LogP contribution in [0, 0.1) is 6.92 Å². The maximum absolute atomic E-state index is 12.9. The normalized spacial score (nSPS) is 13.8. The summed E-state index contributed by atoms with van der Waals surface area (Å²) in [6.45, 7) is 4.42. The summed E-state index contributed by atoms with van der Waals surface area (Å²) in [5, 5.41) is 3.98. The molecule has 3 heterocycles. The molecule has 0 saturated carbocycles. The highest BCUT2D eigenvalue weighted by Crippen LogP contribution is 2.29. The van der Waals surface area contributed by atoms with Crippen molar-refractivity contribution in [2.45, 2.75) is 26.4 Å². The molecule has 6 nitrogen and oxygen atoms in total. The van der Waals surface area contributed by atoms with Gasteiger partial charge >= 0.3 is 0 Å². The van der Waals surface area contributed by atoms with Crippen LogP contribution < -0.4 is 5.32 Å². The number of benzene rings is 2. The van der Waals surface area contributed by atoms with E-state index in [-0.39, 0.29) is 0 Å². The zero-order valence-corrected chi connectivity index (χ0v) is 18.0. The predicted octanol–water partition coefficient (Wildman–Crippen LogP) is 4.31. The van der Waals surface area contributed by atoms with E-state index in [4.69, 9.17) is 0 Å². The number of hydrogen-bond acceptors (Lipinski definition) is 5. The van der Waals surface area contributed by atoms with Crippen LogP contribution >= 0.6 is 11.3 Å². The fourth-order valence-corrected chi connectivity index (χ4v) is 5.16.